The topological polar surface area (TPSA) is 6.48 Å². The highest BCUT2D eigenvalue weighted by atomic mass is 32.1. The van der Waals surface area contributed by atoms with Gasteiger partial charge >= 0.3 is 0 Å². The molecule has 1 saturated heterocycles. The van der Waals surface area contributed by atoms with E-state index < -0.39 is 0 Å². The van der Waals surface area contributed by atoms with Crippen molar-refractivity contribution < 1.29 is 0 Å². The first-order valence-corrected chi connectivity index (χ1v) is 6.13. The second kappa shape index (κ2) is 4.42. The number of thiocarbonyl (C=S) groups is 1. The number of hydrogen-bond donors (Lipinski definition) is 0. The van der Waals surface area contributed by atoms with Crippen molar-refractivity contribution in [2.75, 3.05) is 25.0 Å². The molecule has 86 valence electrons. The Hall–Kier alpha value is -1.09. The molecule has 0 N–H and O–H groups in total. The fourth-order valence-corrected chi connectivity index (χ4v) is 2.37. The Morgan fingerprint density at radius 1 is 1.19 bits per heavy atom. The number of benzene rings is 1. The molecule has 2 nitrogen and oxygen atoms in total. The van der Waals surface area contributed by atoms with Gasteiger partial charge in [0.2, 0.25) is 0 Å². The Morgan fingerprint density at radius 3 is 2.44 bits per heavy atom. The normalized spacial score (nSPS) is 16.4. The maximum Gasteiger partial charge on any atom is 0.175 e. The van der Waals surface area contributed by atoms with Crippen LogP contribution >= 0.6 is 12.2 Å². The van der Waals surface area contributed by atoms with Crippen molar-refractivity contribution in [2.45, 2.75) is 19.8 Å². The minimum Gasteiger partial charge on any atom is -0.350 e. The number of nitrogens with zero attached hydrogens (tertiary/aromatic N) is 2. The molecule has 0 aromatic heterocycles. The summed E-state index contributed by atoms with van der Waals surface area (Å²) in [6.07, 6.45) is 0. The molecule has 0 atom stereocenters. The first-order valence-electron chi connectivity index (χ1n) is 5.73. The Labute approximate surface area is 103 Å². The van der Waals surface area contributed by atoms with E-state index in [9.17, 15) is 0 Å². The first-order chi connectivity index (χ1) is 7.61. The predicted octanol–water partition coefficient (Wildman–Crippen LogP) is 2.85. The quantitative estimate of drug-likeness (QED) is 0.727. The molecule has 0 unspecified atom stereocenters. The molecule has 1 fully saturated rings. The van der Waals surface area contributed by atoms with Crippen LogP contribution in [0.4, 0.5) is 5.69 Å². The maximum absolute atomic E-state index is 5.44. The zero-order valence-corrected chi connectivity index (χ0v) is 10.9. The van der Waals surface area contributed by atoms with E-state index in [0.29, 0.717) is 5.92 Å². The Kier molecular flexibility index (Phi) is 3.15. The molecule has 1 aliphatic heterocycles. The Bertz CT molecular complexity index is 401. The van der Waals surface area contributed by atoms with Crippen molar-refractivity contribution in [3.63, 3.8) is 0 Å². The van der Waals surface area contributed by atoms with E-state index in [0.717, 1.165) is 18.2 Å². The third kappa shape index (κ3) is 1.92. The molecule has 1 aromatic carbocycles. The summed E-state index contributed by atoms with van der Waals surface area (Å²) in [6, 6.07) is 8.55. The van der Waals surface area contributed by atoms with Gasteiger partial charge in [-0.05, 0) is 29.8 Å². The van der Waals surface area contributed by atoms with Crippen molar-refractivity contribution in [3.05, 3.63) is 29.8 Å². The van der Waals surface area contributed by atoms with E-state index >= 15 is 0 Å². The van der Waals surface area contributed by atoms with Crippen LogP contribution in [-0.2, 0) is 0 Å². The second-order valence-corrected chi connectivity index (χ2v) is 4.93. The highest BCUT2D eigenvalue weighted by molar-refractivity contribution is 7.80. The molecule has 0 saturated carbocycles. The zero-order valence-electron chi connectivity index (χ0n) is 10.1. The Balaban J connectivity index is 2.37. The lowest BCUT2D eigenvalue weighted by Crippen LogP contribution is -2.29. The maximum atomic E-state index is 5.44. The van der Waals surface area contributed by atoms with Gasteiger partial charge in [0.05, 0.1) is 0 Å². The summed E-state index contributed by atoms with van der Waals surface area (Å²) in [5, 5.41) is 0.938. The molecule has 0 aliphatic carbocycles. The summed E-state index contributed by atoms with van der Waals surface area (Å²) in [5.41, 5.74) is 2.65. The second-order valence-electron chi connectivity index (χ2n) is 4.57. The van der Waals surface area contributed by atoms with Crippen molar-refractivity contribution in [2.24, 2.45) is 0 Å². The number of hydrogen-bond acceptors (Lipinski definition) is 1. The SMILES string of the molecule is CC(C)c1ccccc1N1CCN(C)C1=S. The van der Waals surface area contributed by atoms with Crippen LogP contribution in [0.15, 0.2) is 24.3 Å². The van der Waals surface area contributed by atoms with E-state index in [-0.39, 0.29) is 0 Å². The van der Waals surface area contributed by atoms with Gasteiger partial charge in [-0.3, -0.25) is 0 Å². The standard InChI is InChI=1S/C13H18N2S/c1-10(2)11-6-4-5-7-12(11)15-9-8-14(3)13(15)16/h4-7,10H,8-9H2,1-3H3. The van der Waals surface area contributed by atoms with Crippen LogP contribution in [-0.4, -0.2) is 30.1 Å². The minimum atomic E-state index is 0.532. The van der Waals surface area contributed by atoms with Crippen molar-refractivity contribution in [1.82, 2.24) is 4.90 Å². The molecule has 1 aliphatic rings. The summed E-state index contributed by atoms with van der Waals surface area (Å²) in [7, 11) is 2.06. The zero-order chi connectivity index (χ0) is 11.7. The number of likely N-dealkylation sites (N-methyl/N-ethyl adjacent to an activating group) is 1. The number of rotatable bonds is 2. The summed E-state index contributed by atoms with van der Waals surface area (Å²) < 4.78 is 0. The summed E-state index contributed by atoms with van der Waals surface area (Å²) in [4.78, 5) is 4.37. The van der Waals surface area contributed by atoms with Gasteiger partial charge in [0.25, 0.3) is 0 Å². The van der Waals surface area contributed by atoms with Crippen molar-refractivity contribution >= 4 is 23.0 Å². The molecular formula is C13H18N2S. The van der Waals surface area contributed by atoms with Gasteiger partial charge in [-0.1, -0.05) is 32.0 Å². The number of anilines is 1. The van der Waals surface area contributed by atoms with E-state index in [1.54, 1.807) is 0 Å². The fourth-order valence-electron chi connectivity index (χ4n) is 2.09. The van der Waals surface area contributed by atoms with E-state index in [2.05, 4.69) is 55.0 Å². The highest BCUT2D eigenvalue weighted by Gasteiger charge is 2.24. The van der Waals surface area contributed by atoms with Gasteiger partial charge in [0.1, 0.15) is 0 Å². The minimum absolute atomic E-state index is 0.532. The lowest BCUT2D eigenvalue weighted by molar-refractivity contribution is 0.571. The van der Waals surface area contributed by atoms with E-state index in [4.69, 9.17) is 12.2 Å². The summed E-state index contributed by atoms with van der Waals surface area (Å²) in [6.45, 7) is 6.47. The van der Waals surface area contributed by atoms with Gasteiger partial charge in [-0.25, -0.2) is 0 Å². The molecule has 1 aromatic rings. The van der Waals surface area contributed by atoms with Gasteiger partial charge in [0, 0.05) is 25.8 Å². The molecule has 3 heteroatoms. The molecule has 0 spiro atoms. The summed E-state index contributed by atoms with van der Waals surface area (Å²) in [5.74, 6) is 0.532. The summed E-state index contributed by atoms with van der Waals surface area (Å²) >= 11 is 5.44. The van der Waals surface area contributed by atoms with E-state index in [1.807, 2.05) is 0 Å². The van der Waals surface area contributed by atoms with Gasteiger partial charge in [-0.15, -0.1) is 0 Å². The lowest BCUT2D eigenvalue weighted by Gasteiger charge is -2.23. The molecule has 0 bridgehead atoms. The average Bonchev–Trinajstić information content (AvgIpc) is 2.60. The van der Waals surface area contributed by atoms with Crippen LogP contribution in [0.25, 0.3) is 0 Å². The van der Waals surface area contributed by atoms with Crippen molar-refractivity contribution in [3.8, 4) is 0 Å². The van der Waals surface area contributed by atoms with Crippen LogP contribution in [0.3, 0.4) is 0 Å². The van der Waals surface area contributed by atoms with Crippen LogP contribution in [0.5, 0.6) is 0 Å². The molecule has 2 rings (SSSR count). The Morgan fingerprint density at radius 2 is 1.88 bits per heavy atom. The van der Waals surface area contributed by atoms with Crippen LogP contribution < -0.4 is 4.90 Å². The largest absolute Gasteiger partial charge is 0.350 e. The number of para-hydroxylation sites is 1. The molecule has 1 heterocycles. The highest BCUT2D eigenvalue weighted by Crippen LogP contribution is 2.29. The fraction of sp³-hybridized carbons (Fsp3) is 0.462. The van der Waals surface area contributed by atoms with Crippen molar-refractivity contribution in [1.29, 1.82) is 0 Å². The smallest absolute Gasteiger partial charge is 0.175 e. The van der Waals surface area contributed by atoms with Gasteiger partial charge in [-0.2, -0.15) is 0 Å². The first kappa shape index (κ1) is 11.4. The van der Waals surface area contributed by atoms with E-state index in [1.165, 1.54) is 11.3 Å². The third-order valence-corrected chi connectivity index (χ3v) is 3.60. The third-order valence-electron chi connectivity index (χ3n) is 3.07. The average molecular weight is 234 g/mol. The van der Waals surface area contributed by atoms with Crippen LogP contribution in [0, 0.1) is 0 Å². The van der Waals surface area contributed by atoms with Crippen LogP contribution in [0.1, 0.15) is 25.3 Å². The van der Waals surface area contributed by atoms with Crippen LogP contribution in [0.2, 0.25) is 0 Å². The molecule has 0 amide bonds. The van der Waals surface area contributed by atoms with Gasteiger partial charge < -0.3 is 9.80 Å². The molecular weight excluding hydrogens is 216 g/mol. The molecule has 0 radical (unpaired) electrons. The molecule has 16 heavy (non-hydrogen) atoms. The lowest BCUT2D eigenvalue weighted by atomic mass is 10.0. The monoisotopic (exact) mass is 234 g/mol. The van der Waals surface area contributed by atoms with Gasteiger partial charge in [0.15, 0.2) is 5.11 Å². The predicted molar refractivity (Wildman–Crippen MR) is 73.1 cm³/mol.